The normalized spacial score (nSPS) is 27.1. The Morgan fingerprint density at radius 1 is 0.975 bits per heavy atom. The maximum absolute atomic E-state index is 13.7. The first kappa shape index (κ1) is 26.5. The van der Waals surface area contributed by atoms with Crippen LogP contribution in [0.1, 0.15) is 48.5 Å². The van der Waals surface area contributed by atoms with Crippen molar-refractivity contribution < 1.29 is 33.3 Å². The molecule has 0 amide bonds. The van der Waals surface area contributed by atoms with E-state index < -0.39 is 22.9 Å². The number of fused-ring (bicyclic) bond motifs is 1. The van der Waals surface area contributed by atoms with Crippen molar-refractivity contribution in [2.75, 3.05) is 46.8 Å². The largest absolute Gasteiger partial charge is 0.493 e. The molecule has 0 radical (unpaired) electrons. The fourth-order valence-corrected chi connectivity index (χ4v) is 8.01. The summed E-state index contributed by atoms with van der Waals surface area (Å²) in [6, 6.07) is 11.6. The molecule has 0 saturated carbocycles. The number of esters is 2. The second-order valence-electron chi connectivity index (χ2n) is 11.2. The van der Waals surface area contributed by atoms with E-state index in [2.05, 4.69) is 28.4 Å². The van der Waals surface area contributed by atoms with Crippen LogP contribution in [0.3, 0.4) is 0 Å². The second kappa shape index (κ2) is 9.73. The van der Waals surface area contributed by atoms with Gasteiger partial charge in [0.1, 0.15) is 6.10 Å². The van der Waals surface area contributed by atoms with Crippen LogP contribution in [0.4, 0.5) is 5.69 Å². The highest BCUT2D eigenvalue weighted by atomic mass is 16.5. The van der Waals surface area contributed by atoms with Crippen LogP contribution in [0.2, 0.25) is 0 Å². The molecule has 212 valence electrons. The number of ether oxygens (including phenoxy) is 5. The van der Waals surface area contributed by atoms with Gasteiger partial charge in [-0.3, -0.25) is 4.90 Å². The molecule has 2 saturated heterocycles. The maximum atomic E-state index is 13.7. The Kier molecular flexibility index (Phi) is 6.45. The van der Waals surface area contributed by atoms with Crippen LogP contribution in [-0.2, 0) is 19.7 Å². The standard InChI is InChI=1S/C31H36N2O7/c1-18(40-27(34)19-15-23(36-2)25(38-4)24(16-19)37-3)30-11-8-13-33-14-12-31(29(30)33)21-9-6-7-10-22(21)32-26(31)20(17-30)28(35)39-5/h6-7,9-10,15-16,18,29,32H,8,11-14,17H2,1-5H3/t18-,29+,30+,31+/m0/s1. The summed E-state index contributed by atoms with van der Waals surface area (Å²) in [5.41, 5.74) is 3.25. The monoisotopic (exact) mass is 548 g/mol. The molecule has 1 aliphatic carbocycles. The number of benzene rings is 2. The number of methoxy groups -OCH3 is 4. The lowest BCUT2D eigenvalue weighted by Gasteiger charge is -2.57. The molecule has 9 heteroatoms. The van der Waals surface area contributed by atoms with Crippen LogP contribution in [0.25, 0.3) is 0 Å². The zero-order valence-corrected chi connectivity index (χ0v) is 23.7. The average molecular weight is 549 g/mol. The van der Waals surface area contributed by atoms with Crippen LogP contribution in [0.15, 0.2) is 47.7 Å². The minimum atomic E-state index is -0.490. The number of carbonyl (C=O) groups is 2. The fraction of sp³-hybridized carbons (Fsp3) is 0.484. The molecule has 0 bridgehead atoms. The van der Waals surface area contributed by atoms with Crippen molar-refractivity contribution >= 4 is 17.6 Å². The third-order valence-electron chi connectivity index (χ3n) is 9.60. The summed E-state index contributed by atoms with van der Waals surface area (Å²) in [6.07, 6.45) is 2.64. The maximum Gasteiger partial charge on any atom is 0.338 e. The number of hydrogen-bond donors (Lipinski definition) is 1. The predicted molar refractivity (Wildman–Crippen MR) is 148 cm³/mol. The summed E-state index contributed by atoms with van der Waals surface area (Å²) in [5.74, 6) is 0.350. The van der Waals surface area contributed by atoms with E-state index in [1.807, 2.05) is 13.0 Å². The van der Waals surface area contributed by atoms with Crippen molar-refractivity contribution in [3.05, 3.63) is 58.8 Å². The van der Waals surface area contributed by atoms with Crippen molar-refractivity contribution in [3.63, 3.8) is 0 Å². The van der Waals surface area contributed by atoms with E-state index in [0.29, 0.717) is 34.8 Å². The Labute approximate surface area is 234 Å². The van der Waals surface area contributed by atoms with E-state index in [1.165, 1.54) is 34.0 Å². The summed E-state index contributed by atoms with van der Waals surface area (Å²) >= 11 is 0. The van der Waals surface area contributed by atoms with Crippen LogP contribution in [0, 0.1) is 5.41 Å². The Morgan fingerprint density at radius 3 is 2.38 bits per heavy atom. The van der Waals surface area contributed by atoms with Gasteiger partial charge in [-0.2, -0.15) is 0 Å². The van der Waals surface area contributed by atoms with Crippen LogP contribution in [-0.4, -0.2) is 70.5 Å². The minimum absolute atomic E-state index is 0.0658. The molecule has 4 aliphatic rings. The van der Waals surface area contributed by atoms with Gasteiger partial charge in [0.2, 0.25) is 5.75 Å². The summed E-state index contributed by atoms with van der Waals surface area (Å²) in [6.45, 7) is 3.86. The summed E-state index contributed by atoms with van der Waals surface area (Å²) in [7, 11) is 5.97. The number of hydrogen-bond acceptors (Lipinski definition) is 9. The quantitative estimate of drug-likeness (QED) is 0.508. The van der Waals surface area contributed by atoms with Gasteiger partial charge in [-0.25, -0.2) is 9.59 Å². The highest BCUT2D eigenvalue weighted by Crippen LogP contribution is 2.65. The fourth-order valence-electron chi connectivity index (χ4n) is 8.01. The molecule has 2 aromatic carbocycles. The smallest absolute Gasteiger partial charge is 0.338 e. The van der Waals surface area contributed by atoms with Crippen molar-refractivity contribution in [2.24, 2.45) is 5.41 Å². The van der Waals surface area contributed by atoms with E-state index in [1.54, 1.807) is 12.1 Å². The van der Waals surface area contributed by atoms with E-state index in [-0.39, 0.29) is 12.0 Å². The predicted octanol–water partition coefficient (Wildman–Crippen LogP) is 4.31. The van der Waals surface area contributed by atoms with Gasteiger partial charge in [0.05, 0.1) is 45.0 Å². The zero-order chi connectivity index (χ0) is 28.2. The third-order valence-corrected chi connectivity index (χ3v) is 9.60. The van der Waals surface area contributed by atoms with E-state index >= 15 is 0 Å². The Hall–Kier alpha value is -3.72. The summed E-state index contributed by atoms with van der Waals surface area (Å²) in [4.78, 5) is 29.6. The van der Waals surface area contributed by atoms with Crippen LogP contribution in [0.5, 0.6) is 17.2 Å². The minimum Gasteiger partial charge on any atom is -0.493 e. The molecular weight excluding hydrogens is 512 g/mol. The van der Waals surface area contributed by atoms with E-state index in [0.717, 1.165) is 43.7 Å². The van der Waals surface area contributed by atoms with Gasteiger partial charge < -0.3 is 29.0 Å². The molecule has 0 unspecified atom stereocenters. The summed E-state index contributed by atoms with van der Waals surface area (Å²) < 4.78 is 28.0. The number of nitrogens with zero attached hydrogens (tertiary/aromatic N) is 1. The molecule has 3 aliphatic heterocycles. The van der Waals surface area contributed by atoms with Crippen molar-refractivity contribution in [1.29, 1.82) is 0 Å². The van der Waals surface area contributed by atoms with Gasteiger partial charge in [-0.05, 0) is 69.5 Å². The lowest BCUT2D eigenvalue weighted by atomic mass is 9.53. The number of piperidine rings is 1. The molecular formula is C31H36N2O7. The highest BCUT2D eigenvalue weighted by Gasteiger charge is 2.68. The van der Waals surface area contributed by atoms with Gasteiger partial charge in [0.25, 0.3) is 0 Å². The zero-order valence-electron chi connectivity index (χ0n) is 23.7. The molecule has 3 heterocycles. The molecule has 6 rings (SSSR count). The van der Waals surface area contributed by atoms with Gasteiger partial charge in [-0.1, -0.05) is 18.2 Å². The number of para-hydroxylation sites is 1. The first-order valence-electron chi connectivity index (χ1n) is 13.8. The van der Waals surface area contributed by atoms with Crippen molar-refractivity contribution in [1.82, 2.24) is 4.90 Å². The van der Waals surface area contributed by atoms with E-state index in [4.69, 9.17) is 23.7 Å². The van der Waals surface area contributed by atoms with Crippen molar-refractivity contribution in [3.8, 4) is 17.2 Å². The number of anilines is 1. The first-order chi connectivity index (χ1) is 19.3. The lowest BCUT2D eigenvalue weighted by Crippen LogP contribution is -2.64. The molecule has 40 heavy (non-hydrogen) atoms. The number of nitrogens with one attached hydrogen (secondary N) is 1. The third kappa shape index (κ3) is 3.56. The topological polar surface area (TPSA) is 95.6 Å². The first-order valence-corrected chi connectivity index (χ1v) is 13.8. The Balaban J connectivity index is 1.44. The number of rotatable bonds is 7. The van der Waals surface area contributed by atoms with Gasteiger partial charge >= 0.3 is 11.9 Å². The van der Waals surface area contributed by atoms with Gasteiger partial charge in [0, 0.05) is 22.8 Å². The number of carbonyl (C=O) groups excluding carboxylic acids is 2. The van der Waals surface area contributed by atoms with E-state index in [9.17, 15) is 9.59 Å². The van der Waals surface area contributed by atoms with Gasteiger partial charge in [0.15, 0.2) is 11.5 Å². The van der Waals surface area contributed by atoms with Crippen molar-refractivity contribution in [2.45, 2.75) is 50.2 Å². The summed E-state index contributed by atoms with van der Waals surface area (Å²) in [5, 5.41) is 3.62. The molecule has 1 spiro atoms. The molecule has 9 nitrogen and oxygen atoms in total. The van der Waals surface area contributed by atoms with Crippen LogP contribution >= 0.6 is 0 Å². The average Bonchev–Trinajstić information content (AvgIpc) is 3.55. The van der Waals surface area contributed by atoms with Crippen LogP contribution < -0.4 is 19.5 Å². The second-order valence-corrected chi connectivity index (χ2v) is 11.2. The molecule has 2 aromatic rings. The lowest BCUT2D eigenvalue weighted by molar-refractivity contribution is -0.138. The SMILES string of the molecule is COC(=O)C1=C2Nc3ccccc3[C@]23CCN2CCC[C@]([C@H](C)OC(=O)c4cc(OC)c(OC)c(OC)c4)(C1)[C@@H]23. The molecule has 1 N–H and O–H groups in total. The van der Waals surface area contributed by atoms with Gasteiger partial charge in [-0.15, -0.1) is 0 Å². The molecule has 0 aromatic heterocycles. The highest BCUT2D eigenvalue weighted by molar-refractivity contribution is 5.94. The molecule has 4 atom stereocenters. The Morgan fingerprint density at radius 2 is 1.70 bits per heavy atom. The Bertz CT molecular complexity index is 1380. The molecule has 2 fully saturated rings.